The minimum Gasteiger partial charge on any atom is -0.497 e. The summed E-state index contributed by atoms with van der Waals surface area (Å²) in [5, 5.41) is 3.27. The summed E-state index contributed by atoms with van der Waals surface area (Å²) < 4.78 is 5.21. The SMILES string of the molecule is CNc1nc([C@@H]2CCCN(C(=O)CCc3ccc(OC)cc3)C2)nc2c1CN(C)CC2. The first-order chi connectivity index (χ1) is 15.1. The molecule has 0 saturated carbocycles. The van der Waals surface area contributed by atoms with Crippen LogP contribution in [0.4, 0.5) is 5.82 Å². The largest absolute Gasteiger partial charge is 0.497 e. The summed E-state index contributed by atoms with van der Waals surface area (Å²) in [6.07, 6.45) is 4.25. The van der Waals surface area contributed by atoms with Crippen molar-refractivity contribution in [2.24, 2.45) is 0 Å². The molecule has 1 atom stereocenters. The summed E-state index contributed by atoms with van der Waals surface area (Å²) in [4.78, 5) is 27.0. The molecule has 3 heterocycles. The molecule has 1 aromatic heterocycles. The third kappa shape index (κ3) is 4.98. The summed E-state index contributed by atoms with van der Waals surface area (Å²) in [7, 11) is 5.72. The minimum atomic E-state index is 0.204. The fourth-order valence-electron chi connectivity index (χ4n) is 4.57. The highest BCUT2D eigenvalue weighted by atomic mass is 16.5. The number of nitrogens with one attached hydrogen (secondary N) is 1. The fourth-order valence-corrected chi connectivity index (χ4v) is 4.57. The zero-order valence-corrected chi connectivity index (χ0v) is 18.9. The molecule has 0 spiro atoms. The summed E-state index contributed by atoms with van der Waals surface area (Å²) in [5.74, 6) is 3.09. The predicted octanol–water partition coefficient (Wildman–Crippen LogP) is 2.85. The van der Waals surface area contributed by atoms with Crippen molar-refractivity contribution >= 4 is 11.7 Å². The highest BCUT2D eigenvalue weighted by molar-refractivity contribution is 5.76. The molecule has 31 heavy (non-hydrogen) atoms. The number of methoxy groups -OCH3 is 1. The molecule has 1 aromatic carbocycles. The Labute approximate surface area is 184 Å². The first-order valence-electron chi connectivity index (χ1n) is 11.2. The summed E-state index contributed by atoms with van der Waals surface area (Å²) in [6, 6.07) is 7.95. The molecule has 1 N–H and O–H groups in total. The third-order valence-electron chi connectivity index (χ3n) is 6.43. The lowest BCUT2D eigenvalue weighted by atomic mass is 9.95. The molecular formula is C24H33N5O2. The zero-order chi connectivity index (χ0) is 21.8. The number of likely N-dealkylation sites (N-methyl/N-ethyl adjacent to an activating group) is 1. The van der Waals surface area contributed by atoms with Gasteiger partial charge in [-0.1, -0.05) is 12.1 Å². The standard InChI is InChI=1S/C24H33N5O2/c1-25-24-20-16-28(2)14-12-21(20)26-23(27-24)18-5-4-13-29(15-18)22(30)11-8-17-6-9-19(31-3)10-7-17/h6-7,9-10,18H,4-5,8,11-16H2,1-3H3,(H,25,26,27)/t18-/m1/s1. The number of ether oxygens (including phenoxy) is 1. The Balaban J connectivity index is 1.41. The molecule has 1 amide bonds. The molecule has 2 aliphatic rings. The average Bonchev–Trinajstić information content (AvgIpc) is 2.82. The van der Waals surface area contributed by atoms with Crippen molar-refractivity contribution < 1.29 is 9.53 Å². The van der Waals surface area contributed by atoms with Crippen molar-refractivity contribution in [3.05, 3.63) is 46.9 Å². The van der Waals surface area contributed by atoms with E-state index >= 15 is 0 Å². The quantitative estimate of drug-likeness (QED) is 0.771. The monoisotopic (exact) mass is 423 g/mol. The third-order valence-corrected chi connectivity index (χ3v) is 6.43. The molecule has 7 heteroatoms. The van der Waals surface area contributed by atoms with Crippen LogP contribution in [-0.4, -0.2) is 66.5 Å². The van der Waals surface area contributed by atoms with E-state index < -0.39 is 0 Å². The number of anilines is 1. The van der Waals surface area contributed by atoms with Gasteiger partial charge in [0.25, 0.3) is 0 Å². The van der Waals surface area contributed by atoms with Crippen molar-refractivity contribution in [2.75, 3.05) is 46.2 Å². The fraction of sp³-hybridized carbons (Fsp3) is 0.542. The van der Waals surface area contributed by atoms with E-state index in [1.54, 1.807) is 7.11 Å². The van der Waals surface area contributed by atoms with Gasteiger partial charge in [-0.15, -0.1) is 0 Å². The van der Waals surface area contributed by atoms with Gasteiger partial charge in [-0.25, -0.2) is 9.97 Å². The lowest BCUT2D eigenvalue weighted by Crippen LogP contribution is -2.40. The number of amides is 1. The Morgan fingerprint density at radius 1 is 1.23 bits per heavy atom. The predicted molar refractivity (Wildman–Crippen MR) is 121 cm³/mol. The van der Waals surface area contributed by atoms with Crippen LogP contribution in [0.25, 0.3) is 0 Å². The second-order valence-corrected chi connectivity index (χ2v) is 8.62. The normalized spacial score (nSPS) is 19.1. The maximum atomic E-state index is 12.9. The van der Waals surface area contributed by atoms with Crippen molar-refractivity contribution in [3.8, 4) is 5.75 Å². The van der Waals surface area contributed by atoms with Gasteiger partial charge in [-0.2, -0.15) is 0 Å². The van der Waals surface area contributed by atoms with E-state index in [1.165, 1.54) is 5.56 Å². The molecule has 166 valence electrons. The van der Waals surface area contributed by atoms with Gasteiger partial charge < -0.3 is 19.9 Å². The number of aryl methyl sites for hydroxylation is 1. The number of carbonyl (C=O) groups excluding carboxylic acids is 1. The van der Waals surface area contributed by atoms with E-state index in [0.29, 0.717) is 13.0 Å². The number of benzene rings is 1. The Bertz CT molecular complexity index is 898. The first kappa shape index (κ1) is 21.6. The van der Waals surface area contributed by atoms with Crippen LogP contribution in [0.3, 0.4) is 0 Å². The van der Waals surface area contributed by atoms with Gasteiger partial charge in [-0.05, 0) is 44.0 Å². The van der Waals surface area contributed by atoms with Gasteiger partial charge in [0.15, 0.2) is 0 Å². The Hall–Kier alpha value is -2.67. The molecule has 1 saturated heterocycles. The Kier molecular flexibility index (Phi) is 6.70. The molecule has 0 bridgehead atoms. The van der Waals surface area contributed by atoms with Gasteiger partial charge in [0.05, 0.1) is 12.8 Å². The van der Waals surface area contributed by atoms with Gasteiger partial charge in [0, 0.05) is 57.5 Å². The lowest BCUT2D eigenvalue weighted by molar-refractivity contribution is -0.132. The topological polar surface area (TPSA) is 70.6 Å². The van der Waals surface area contributed by atoms with E-state index in [1.807, 2.05) is 36.2 Å². The molecule has 0 aliphatic carbocycles. The van der Waals surface area contributed by atoms with Crippen molar-refractivity contribution in [3.63, 3.8) is 0 Å². The number of rotatable bonds is 6. The van der Waals surface area contributed by atoms with Crippen LogP contribution < -0.4 is 10.1 Å². The summed E-state index contributed by atoms with van der Waals surface area (Å²) in [6.45, 7) is 3.44. The van der Waals surface area contributed by atoms with Crippen LogP contribution in [0.1, 0.15) is 47.8 Å². The van der Waals surface area contributed by atoms with Crippen LogP contribution in [0.15, 0.2) is 24.3 Å². The van der Waals surface area contributed by atoms with Crippen LogP contribution >= 0.6 is 0 Å². The second kappa shape index (κ2) is 9.64. The van der Waals surface area contributed by atoms with Crippen molar-refractivity contribution in [1.82, 2.24) is 19.8 Å². The second-order valence-electron chi connectivity index (χ2n) is 8.62. The smallest absolute Gasteiger partial charge is 0.222 e. The van der Waals surface area contributed by atoms with Gasteiger partial charge in [0.1, 0.15) is 17.4 Å². The number of hydrogen-bond donors (Lipinski definition) is 1. The van der Waals surface area contributed by atoms with Crippen molar-refractivity contribution in [2.45, 2.75) is 44.6 Å². The molecule has 2 aliphatic heterocycles. The molecule has 1 fully saturated rings. The minimum absolute atomic E-state index is 0.204. The Morgan fingerprint density at radius 3 is 2.77 bits per heavy atom. The summed E-state index contributed by atoms with van der Waals surface area (Å²) in [5.41, 5.74) is 3.53. The number of likely N-dealkylation sites (tertiary alicyclic amines) is 1. The maximum Gasteiger partial charge on any atom is 0.222 e. The highest BCUT2D eigenvalue weighted by Crippen LogP contribution is 2.30. The van der Waals surface area contributed by atoms with Gasteiger partial charge >= 0.3 is 0 Å². The van der Waals surface area contributed by atoms with E-state index in [2.05, 4.69) is 17.3 Å². The van der Waals surface area contributed by atoms with Crippen LogP contribution in [-0.2, 0) is 24.2 Å². The highest BCUT2D eigenvalue weighted by Gasteiger charge is 2.28. The number of carbonyl (C=O) groups is 1. The Morgan fingerprint density at radius 2 is 2.03 bits per heavy atom. The van der Waals surface area contributed by atoms with E-state index in [-0.39, 0.29) is 11.8 Å². The van der Waals surface area contributed by atoms with Crippen LogP contribution in [0.2, 0.25) is 0 Å². The van der Waals surface area contributed by atoms with Gasteiger partial charge in [-0.3, -0.25) is 4.79 Å². The molecule has 4 rings (SSSR count). The van der Waals surface area contributed by atoms with E-state index in [4.69, 9.17) is 14.7 Å². The van der Waals surface area contributed by atoms with Crippen molar-refractivity contribution in [1.29, 1.82) is 0 Å². The first-order valence-corrected chi connectivity index (χ1v) is 11.2. The summed E-state index contributed by atoms with van der Waals surface area (Å²) >= 11 is 0. The number of hydrogen-bond acceptors (Lipinski definition) is 6. The number of fused-ring (bicyclic) bond motifs is 1. The number of aromatic nitrogens is 2. The van der Waals surface area contributed by atoms with Crippen LogP contribution in [0, 0.1) is 0 Å². The number of piperidine rings is 1. The molecule has 0 unspecified atom stereocenters. The zero-order valence-electron chi connectivity index (χ0n) is 18.9. The number of nitrogens with zero attached hydrogens (tertiary/aromatic N) is 4. The van der Waals surface area contributed by atoms with Gasteiger partial charge in [0.2, 0.25) is 5.91 Å². The molecule has 2 aromatic rings. The molecule has 0 radical (unpaired) electrons. The van der Waals surface area contributed by atoms with Crippen LogP contribution in [0.5, 0.6) is 5.75 Å². The molecular weight excluding hydrogens is 390 g/mol. The average molecular weight is 424 g/mol. The molecule has 7 nitrogen and oxygen atoms in total. The van der Waals surface area contributed by atoms with E-state index in [9.17, 15) is 4.79 Å². The lowest BCUT2D eigenvalue weighted by Gasteiger charge is -2.33. The maximum absolute atomic E-state index is 12.9. The van der Waals surface area contributed by atoms with E-state index in [0.717, 1.165) is 74.0 Å².